The van der Waals surface area contributed by atoms with Gasteiger partial charge in [0.05, 0.1) is 7.11 Å². The van der Waals surface area contributed by atoms with Crippen LogP contribution in [-0.4, -0.2) is 12.1 Å². The second kappa shape index (κ2) is 3.13. The van der Waals surface area contributed by atoms with E-state index in [9.17, 15) is 0 Å². The maximum absolute atomic E-state index is 7.74. The van der Waals surface area contributed by atoms with Gasteiger partial charge in [-0.05, 0) is 30.2 Å². The largest absolute Gasteiger partial charge is 0.497 e. The predicted molar refractivity (Wildman–Crippen MR) is 54.2 cm³/mol. The molecule has 68 valence electrons. The Labute approximate surface area is 80.3 Å². The van der Waals surface area contributed by atoms with E-state index in [1.807, 2.05) is 18.2 Å². The minimum Gasteiger partial charge on any atom is -0.497 e. The standard InChI is InChI=1S/C11H13NO/c1-3-8-7-12-11-5-4-9(13-2)6-10(8)11/h4-7,12H,3H2,1-2H3/i1D,3D. The first-order chi connectivity index (χ1) is 7.26. The van der Waals surface area contributed by atoms with Gasteiger partial charge in [0.15, 0.2) is 0 Å². The van der Waals surface area contributed by atoms with Crippen molar-refractivity contribution in [2.45, 2.75) is 13.3 Å². The van der Waals surface area contributed by atoms with Gasteiger partial charge in [0.25, 0.3) is 0 Å². The molecule has 1 aromatic carbocycles. The zero-order valence-corrected chi connectivity index (χ0v) is 7.50. The van der Waals surface area contributed by atoms with Crippen molar-refractivity contribution in [3.63, 3.8) is 0 Å². The molecule has 0 bridgehead atoms. The Morgan fingerprint density at radius 1 is 1.62 bits per heavy atom. The molecule has 0 amide bonds. The lowest BCUT2D eigenvalue weighted by Gasteiger charge is -1.99. The Morgan fingerprint density at radius 3 is 3.31 bits per heavy atom. The lowest BCUT2D eigenvalue weighted by molar-refractivity contribution is 0.415. The molecule has 0 aliphatic rings. The van der Waals surface area contributed by atoms with E-state index in [0.29, 0.717) is 0 Å². The van der Waals surface area contributed by atoms with Crippen LogP contribution in [0.1, 0.15) is 15.2 Å². The first-order valence-corrected chi connectivity index (χ1v) is 4.12. The molecule has 2 aromatic rings. The van der Waals surface area contributed by atoms with Crippen LogP contribution in [0.4, 0.5) is 0 Å². The number of methoxy groups -OCH3 is 1. The summed E-state index contributed by atoms with van der Waals surface area (Å²) in [5.74, 6) is 0.778. The number of aryl methyl sites for hydroxylation is 1. The van der Waals surface area contributed by atoms with Crippen molar-refractivity contribution in [1.82, 2.24) is 4.98 Å². The number of fused-ring (bicyclic) bond motifs is 1. The average Bonchev–Trinajstić information content (AvgIpc) is 2.70. The maximum atomic E-state index is 7.74. The second-order valence-electron chi connectivity index (χ2n) is 2.86. The van der Waals surface area contributed by atoms with Crippen molar-refractivity contribution >= 4 is 10.9 Å². The Hall–Kier alpha value is -1.44. The monoisotopic (exact) mass is 177 g/mol. The van der Waals surface area contributed by atoms with Crippen molar-refractivity contribution in [3.05, 3.63) is 30.0 Å². The summed E-state index contributed by atoms with van der Waals surface area (Å²) in [6.45, 7) is 0.0736. The quantitative estimate of drug-likeness (QED) is 0.749. The lowest BCUT2D eigenvalue weighted by Crippen LogP contribution is -1.82. The van der Waals surface area contributed by atoms with Crippen LogP contribution < -0.4 is 4.74 Å². The molecule has 2 nitrogen and oxygen atoms in total. The van der Waals surface area contributed by atoms with E-state index in [1.54, 1.807) is 13.3 Å². The van der Waals surface area contributed by atoms with Gasteiger partial charge >= 0.3 is 0 Å². The van der Waals surface area contributed by atoms with Gasteiger partial charge < -0.3 is 9.72 Å². The Bertz CT molecular complexity index is 467. The van der Waals surface area contributed by atoms with Crippen molar-refractivity contribution in [2.75, 3.05) is 7.11 Å². The van der Waals surface area contributed by atoms with Crippen LogP contribution in [0.25, 0.3) is 10.9 Å². The lowest BCUT2D eigenvalue weighted by atomic mass is 10.1. The van der Waals surface area contributed by atoms with E-state index >= 15 is 0 Å². The zero-order chi connectivity index (χ0) is 10.8. The summed E-state index contributed by atoms with van der Waals surface area (Å²) >= 11 is 0. The van der Waals surface area contributed by atoms with E-state index in [2.05, 4.69) is 4.98 Å². The normalized spacial score (nSPS) is 15.2. The van der Waals surface area contributed by atoms with Crippen LogP contribution in [0.3, 0.4) is 0 Å². The van der Waals surface area contributed by atoms with Crippen molar-refractivity contribution in [3.8, 4) is 5.75 Å². The third-order valence-corrected chi connectivity index (χ3v) is 2.14. The predicted octanol–water partition coefficient (Wildman–Crippen LogP) is 2.74. The van der Waals surface area contributed by atoms with Gasteiger partial charge in [0.1, 0.15) is 5.75 Å². The summed E-state index contributed by atoms with van der Waals surface area (Å²) in [6.07, 6.45) is 1.31. The molecule has 13 heavy (non-hydrogen) atoms. The van der Waals surface area contributed by atoms with Gasteiger partial charge in [-0.25, -0.2) is 0 Å². The molecule has 1 unspecified atom stereocenters. The number of nitrogens with one attached hydrogen (secondary N) is 1. The van der Waals surface area contributed by atoms with E-state index < -0.39 is 6.40 Å². The zero-order valence-electron chi connectivity index (χ0n) is 9.50. The van der Waals surface area contributed by atoms with E-state index in [1.165, 1.54) is 0 Å². The molecule has 0 spiro atoms. The number of hydrogen-bond donors (Lipinski definition) is 1. The van der Waals surface area contributed by atoms with E-state index in [-0.39, 0.29) is 6.90 Å². The highest BCUT2D eigenvalue weighted by atomic mass is 16.5. The van der Waals surface area contributed by atoms with E-state index in [0.717, 1.165) is 22.2 Å². The Morgan fingerprint density at radius 2 is 2.54 bits per heavy atom. The number of aromatic amines is 1. The van der Waals surface area contributed by atoms with Crippen molar-refractivity contribution < 1.29 is 7.48 Å². The molecular weight excluding hydrogens is 162 g/mol. The second-order valence-corrected chi connectivity index (χ2v) is 2.86. The molecule has 1 atom stereocenters. The van der Waals surface area contributed by atoms with Crippen LogP contribution >= 0.6 is 0 Å². The molecular formula is C11H13NO. The van der Waals surface area contributed by atoms with Gasteiger partial charge in [-0.15, -0.1) is 0 Å². The smallest absolute Gasteiger partial charge is 0.119 e. The van der Waals surface area contributed by atoms with Crippen LogP contribution in [0.2, 0.25) is 0 Å². The third-order valence-electron chi connectivity index (χ3n) is 2.14. The van der Waals surface area contributed by atoms with Crippen molar-refractivity contribution in [1.29, 1.82) is 0 Å². The van der Waals surface area contributed by atoms with Gasteiger partial charge in [0.2, 0.25) is 0 Å². The summed E-state index contributed by atoms with van der Waals surface area (Å²) in [5.41, 5.74) is 1.84. The number of aromatic nitrogens is 1. The topological polar surface area (TPSA) is 25.0 Å². The first kappa shape index (κ1) is 6.08. The molecule has 1 N–H and O–H groups in total. The number of rotatable bonds is 2. The third kappa shape index (κ3) is 1.28. The summed E-state index contributed by atoms with van der Waals surface area (Å²) in [6, 6.07) is 5.70. The number of ether oxygens (including phenoxy) is 1. The minimum absolute atomic E-state index is 0.0736. The van der Waals surface area contributed by atoms with Crippen LogP contribution in [-0.2, 0) is 6.40 Å². The van der Waals surface area contributed by atoms with Crippen LogP contribution in [0.5, 0.6) is 5.75 Å². The number of hydrogen-bond acceptors (Lipinski definition) is 1. The van der Waals surface area contributed by atoms with Gasteiger partial charge in [0, 0.05) is 19.8 Å². The summed E-state index contributed by atoms with van der Waals surface area (Å²) in [4.78, 5) is 3.10. The highest BCUT2D eigenvalue weighted by Crippen LogP contribution is 2.23. The van der Waals surface area contributed by atoms with E-state index in [4.69, 9.17) is 7.48 Å². The molecule has 0 aliphatic heterocycles. The van der Waals surface area contributed by atoms with Gasteiger partial charge in [-0.3, -0.25) is 0 Å². The SMILES string of the molecule is [2H]CC([2H])c1c[nH]c2ccc(OC)cc12. The average molecular weight is 177 g/mol. The summed E-state index contributed by atoms with van der Waals surface area (Å²) in [5, 5.41) is 0.974. The highest BCUT2D eigenvalue weighted by molar-refractivity contribution is 5.84. The summed E-state index contributed by atoms with van der Waals surface area (Å²) in [7, 11) is 1.62. The molecule has 2 heteroatoms. The summed E-state index contributed by atoms with van der Waals surface area (Å²) < 4.78 is 20.1. The first-order valence-electron chi connectivity index (χ1n) is 5.41. The van der Waals surface area contributed by atoms with Crippen molar-refractivity contribution in [2.24, 2.45) is 0 Å². The fourth-order valence-corrected chi connectivity index (χ4v) is 1.42. The van der Waals surface area contributed by atoms with Crippen LogP contribution in [0.15, 0.2) is 24.4 Å². The van der Waals surface area contributed by atoms with Gasteiger partial charge in [-0.2, -0.15) is 0 Å². The fourth-order valence-electron chi connectivity index (χ4n) is 1.42. The molecule has 0 fully saturated rings. The Kier molecular flexibility index (Phi) is 1.46. The fraction of sp³-hybridized carbons (Fsp3) is 0.273. The molecule has 0 saturated heterocycles. The molecule has 2 rings (SSSR count). The number of benzene rings is 1. The molecule has 0 radical (unpaired) electrons. The Balaban J connectivity index is 2.56. The molecule has 0 saturated carbocycles. The van der Waals surface area contributed by atoms with Gasteiger partial charge in [-0.1, -0.05) is 6.90 Å². The number of H-pyrrole nitrogens is 1. The molecule has 0 aliphatic carbocycles. The maximum Gasteiger partial charge on any atom is 0.119 e. The van der Waals surface area contributed by atoms with Crippen LogP contribution in [0, 0.1) is 0 Å². The molecule has 1 aromatic heterocycles. The highest BCUT2D eigenvalue weighted by Gasteiger charge is 2.02. The minimum atomic E-state index is -0.495. The molecule has 1 heterocycles.